The molecule has 2 aromatic rings. The van der Waals surface area contributed by atoms with E-state index in [-0.39, 0.29) is 17.8 Å². The van der Waals surface area contributed by atoms with Crippen molar-refractivity contribution in [3.63, 3.8) is 0 Å². The van der Waals surface area contributed by atoms with Gasteiger partial charge in [0, 0.05) is 19.5 Å². The van der Waals surface area contributed by atoms with Crippen molar-refractivity contribution in [2.45, 2.75) is 24.7 Å². The van der Waals surface area contributed by atoms with E-state index in [0.29, 0.717) is 49.1 Å². The molecule has 0 saturated carbocycles. The van der Waals surface area contributed by atoms with E-state index >= 15 is 0 Å². The lowest BCUT2D eigenvalue weighted by Gasteiger charge is -2.35. The summed E-state index contributed by atoms with van der Waals surface area (Å²) in [5.74, 6) is 0.610. The van der Waals surface area contributed by atoms with E-state index in [1.54, 1.807) is 17.0 Å². The number of rotatable bonds is 5. The van der Waals surface area contributed by atoms with Gasteiger partial charge in [0.25, 0.3) is 5.91 Å². The number of anilines is 1. The summed E-state index contributed by atoms with van der Waals surface area (Å²) in [6.07, 6.45) is -3.71. The molecule has 1 fully saturated rings. The summed E-state index contributed by atoms with van der Waals surface area (Å²) in [4.78, 5) is 14.6. The number of nitrogens with one attached hydrogen (secondary N) is 1. The summed E-state index contributed by atoms with van der Waals surface area (Å²) in [6, 6.07) is 0.499. The molecule has 1 aromatic carbocycles. The minimum absolute atomic E-state index is 0.0267. The second-order valence-electron chi connectivity index (χ2n) is 7.70. The van der Waals surface area contributed by atoms with Crippen molar-refractivity contribution < 1.29 is 36.9 Å². The van der Waals surface area contributed by atoms with Gasteiger partial charge in [-0.05, 0) is 17.7 Å². The highest BCUT2D eigenvalue weighted by Crippen LogP contribution is 2.47. The first-order valence-corrected chi connectivity index (χ1v) is 10.4. The standard InChI is InChI=1S/C21H25F3N4O5/c1-30-15-8-12(9-16(31-2)18(15)32-3)14-10-17(21(22,23)24)28-19(26-14)13(11-25-28)20(29)27-4-6-33-7-5-27/h8-9,11,14,17,26H,4-7,10H2,1-3H3. The molecule has 12 heteroatoms. The second kappa shape index (κ2) is 9.00. The van der Waals surface area contributed by atoms with Crippen LogP contribution in [0, 0.1) is 0 Å². The van der Waals surface area contributed by atoms with Crippen molar-refractivity contribution in [2.24, 2.45) is 0 Å². The van der Waals surface area contributed by atoms with Gasteiger partial charge in [0.1, 0.15) is 11.4 Å². The van der Waals surface area contributed by atoms with Crippen LogP contribution in [0.4, 0.5) is 19.0 Å². The molecule has 9 nitrogen and oxygen atoms in total. The summed E-state index contributed by atoms with van der Waals surface area (Å²) in [5.41, 5.74) is 0.583. The van der Waals surface area contributed by atoms with Crippen LogP contribution in [0.5, 0.6) is 17.2 Å². The zero-order chi connectivity index (χ0) is 23.8. The van der Waals surface area contributed by atoms with Crippen molar-refractivity contribution >= 4 is 11.7 Å². The lowest BCUT2D eigenvalue weighted by Crippen LogP contribution is -2.41. The van der Waals surface area contributed by atoms with Crippen LogP contribution in [0.25, 0.3) is 0 Å². The van der Waals surface area contributed by atoms with E-state index < -0.39 is 24.2 Å². The summed E-state index contributed by atoms with van der Waals surface area (Å²) in [7, 11) is 4.31. The number of amides is 1. The number of hydrogen-bond acceptors (Lipinski definition) is 7. The van der Waals surface area contributed by atoms with E-state index in [1.165, 1.54) is 27.5 Å². The van der Waals surface area contributed by atoms with Crippen molar-refractivity contribution in [3.8, 4) is 17.2 Å². The molecule has 2 aliphatic heterocycles. The fourth-order valence-electron chi connectivity index (χ4n) is 4.18. The highest BCUT2D eigenvalue weighted by molar-refractivity contribution is 5.99. The van der Waals surface area contributed by atoms with E-state index in [0.717, 1.165) is 4.68 Å². The number of halogens is 3. The SMILES string of the molecule is COc1cc(C2CC(C(F)(F)F)n3ncc(C(=O)N4CCOCC4)c3N2)cc(OC)c1OC. The van der Waals surface area contributed by atoms with Gasteiger partial charge in [-0.25, -0.2) is 4.68 Å². The van der Waals surface area contributed by atoms with Crippen LogP contribution in [0.2, 0.25) is 0 Å². The summed E-state index contributed by atoms with van der Waals surface area (Å²) < 4.78 is 64.2. The number of carbonyl (C=O) groups is 1. The number of methoxy groups -OCH3 is 3. The zero-order valence-corrected chi connectivity index (χ0v) is 18.4. The number of carbonyl (C=O) groups excluding carboxylic acids is 1. The van der Waals surface area contributed by atoms with Crippen LogP contribution in [-0.4, -0.2) is 74.4 Å². The first kappa shape index (κ1) is 23.0. The van der Waals surface area contributed by atoms with Crippen LogP contribution < -0.4 is 19.5 Å². The van der Waals surface area contributed by atoms with Gasteiger partial charge in [-0.2, -0.15) is 18.3 Å². The van der Waals surface area contributed by atoms with Crippen molar-refractivity contribution in [1.82, 2.24) is 14.7 Å². The molecule has 1 amide bonds. The van der Waals surface area contributed by atoms with E-state index in [4.69, 9.17) is 18.9 Å². The molecule has 3 heterocycles. The van der Waals surface area contributed by atoms with Gasteiger partial charge in [0.2, 0.25) is 5.75 Å². The van der Waals surface area contributed by atoms with Gasteiger partial charge in [0.15, 0.2) is 17.5 Å². The topological polar surface area (TPSA) is 87.1 Å². The highest BCUT2D eigenvalue weighted by atomic mass is 19.4. The molecule has 2 aliphatic rings. The molecule has 2 unspecified atom stereocenters. The molecular weight excluding hydrogens is 445 g/mol. The Hall–Kier alpha value is -3.15. The fourth-order valence-corrected chi connectivity index (χ4v) is 4.18. The number of hydrogen-bond donors (Lipinski definition) is 1. The maximum atomic E-state index is 14.0. The fraction of sp³-hybridized carbons (Fsp3) is 0.524. The van der Waals surface area contributed by atoms with Crippen LogP contribution in [0.15, 0.2) is 18.3 Å². The molecule has 180 valence electrons. The highest BCUT2D eigenvalue weighted by Gasteiger charge is 2.47. The Balaban J connectivity index is 1.75. The molecule has 1 saturated heterocycles. The Kier molecular flexibility index (Phi) is 6.28. The molecule has 1 aromatic heterocycles. The molecule has 0 bridgehead atoms. The molecule has 1 N–H and O–H groups in total. The minimum Gasteiger partial charge on any atom is -0.493 e. The third-order valence-electron chi connectivity index (χ3n) is 5.86. The maximum Gasteiger partial charge on any atom is 0.410 e. The van der Waals surface area contributed by atoms with Gasteiger partial charge in [-0.3, -0.25) is 4.79 Å². The summed E-state index contributed by atoms with van der Waals surface area (Å²) in [5, 5.41) is 7.02. The normalized spacial score (nSPS) is 20.6. The Bertz CT molecular complexity index is 995. The lowest BCUT2D eigenvalue weighted by molar-refractivity contribution is -0.173. The molecule has 0 aliphatic carbocycles. The van der Waals surface area contributed by atoms with Gasteiger partial charge in [0.05, 0.1) is 46.8 Å². The van der Waals surface area contributed by atoms with Crippen molar-refractivity contribution in [3.05, 3.63) is 29.5 Å². The molecule has 0 spiro atoms. The largest absolute Gasteiger partial charge is 0.493 e. The Morgan fingerprint density at radius 3 is 2.30 bits per heavy atom. The lowest BCUT2D eigenvalue weighted by atomic mass is 9.95. The first-order valence-electron chi connectivity index (χ1n) is 10.4. The smallest absolute Gasteiger partial charge is 0.410 e. The predicted octanol–water partition coefficient (Wildman–Crippen LogP) is 3.04. The Labute approximate surface area is 188 Å². The van der Waals surface area contributed by atoms with Crippen LogP contribution in [-0.2, 0) is 4.74 Å². The van der Waals surface area contributed by atoms with E-state index in [9.17, 15) is 18.0 Å². The quantitative estimate of drug-likeness (QED) is 0.719. The molecule has 0 radical (unpaired) electrons. The number of fused-ring (bicyclic) bond motifs is 1. The average molecular weight is 470 g/mol. The Morgan fingerprint density at radius 2 is 1.76 bits per heavy atom. The summed E-state index contributed by atoms with van der Waals surface area (Å²) >= 11 is 0. The number of aromatic nitrogens is 2. The van der Waals surface area contributed by atoms with Crippen molar-refractivity contribution in [1.29, 1.82) is 0 Å². The molecule has 2 atom stereocenters. The van der Waals surface area contributed by atoms with E-state index in [1.807, 2.05) is 0 Å². The molecule has 4 rings (SSSR count). The first-order chi connectivity index (χ1) is 15.8. The number of ether oxygens (including phenoxy) is 4. The monoisotopic (exact) mass is 470 g/mol. The number of nitrogens with zero attached hydrogens (tertiary/aromatic N) is 3. The average Bonchev–Trinajstić information content (AvgIpc) is 3.25. The van der Waals surface area contributed by atoms with Crippen LogP contribution >= 0.6 is 0 Å². The summed E-state index contributed by atoms with van der Waals surface area (Å²) in [6.45, 7) is 1.48. The maximum absolute atomic E-state index is 14.0. The molecule has 33 heavy (non-hydrogen) atoms. The number of alkyl halides is 3. The van der Waals surface area contributed by atoms with Crippen molar-refractivity contribution in [2.75, 3.05) is 52.9 Å². The van der Waals surface area contributed by atoms with Crippen LogP contribution in [0.3, 0.4) is 0 Å². The Morgan fingerprint density at radius 1 is 1.12 bits per heavy atom. The zero-order valence-electron chi connectivity index (χ0n) is 18.4. The van der Waals surface area contributed by atoms with Gasteiger partial charge < -0.3 is 29.2 Å². The van der Waals surface area contributed by atoms with Gasteiger partial charge in [-0.1, -0.05) is 0 Å². The predicted molar refractivity (Wildman–Crippen MR) is 111 cm³/mol. The van der Waals surface area contributed by atoms with Gasteiger partial charge in [-0.15, -0.1) is 0 Å². The minimum atomic E-state index is -4.57. The second-order valence-corrected chi connectivity index (χ2v) is 7.70. The third-order valence-corrected chi connectivity index (χ3v) is 5.86. The molecular formula is C21H25F3N4O5. The number of benzene rings is 1. The number of morpholine rings is 1. The van der Waals surface area contributed by atoms with Gasteiger partial charge >= 0.3 is 6.18 Å². The third kappa shape index (κ3) is 4.26. The van der Waals surface area contributed by atoms with E-state index in [2.05, 4.69) is 10.4 Å². The van der Waals surface area contributed by atoms with Crippen LogP contribution in [0.1, 0.15) is 34.4 Å².